The van der Waals surface area contributed by atoms with Gasteiger partial charge in [0.2, 0.25) is 15.9 Å². The van der Waals surface area contributed by atoms with E-state index >= 15 is 0 Å². The number of amides is 2. The van der Waals surface area contributed by atoms with Gasteiger partial charge in [-0.2, -0.15) is 0 Å². The van der Waals surface area contributed by atoms with E-state index in [2.05, 4.69) is 51.3 Å². The zero-order chi connectivity index (χ0) is 32.1. The van der Waals surface area contributed by atoms with Crippen molar-refractivity contribution in [3.63, 3.8) is 0 Å². The third-order valence-corrected chi connectivity index (χ3v) is 13.6. The molecule has 0 radical (unpaired) electrons. The van der Waals surface area contributed by atoms with Crippen LogP contribution in [0.1, 0.15) is 104 Å². The molecule has 46 heavy (non-hydrogen) atoms. The van der Waals surface area contributed by atoms with Crippen molar-refractivity contribution in [2.45, 2.75) is 108 Å². The number of aromatic nitrogens is 1. The lowest BCUT2D eigenvalue weighted by Crippen LogP contribution is -2.57. The summed E-state index contributed by atoms with van der Waals surface area (Å²) in [6.45, 7) is 7.71. The summed E-state index contributed by atoms with van der Waals surface area (Å²) in [5, 5.41) is 0.406. The number of fused-ring (bicyclic) bond motifs is 9. The third-order valence-electron chi connectivity index (χ3n) is 11.9. The van der Waals surface area contributed by atoms with Crippen molar-refractivity contribution < 1.29 is 18.0 Å². The summed E-state index contributed by atoms with van der Waals surface area (Å²) in [4.78, 5) is 33.0. The van der Waals surface area contributed by atoms with Gasteiger partial charge in [0.1, 0.15) is 0 Å². The standard InChI is InChI=1S/C37H46N4O4S/c1-22(2)46(44,45)38-35(42)25-11-15-29-32(17-25)40-21-37(36(43)41-26-12-13-27(41)20-39(4)19-26)18-31(37)30-16-23(3)10-14-28(30)34(40)33(29)24-8-6-5-7-9-24/h10-11,14-17,22,24,26-27,31H,5-9,12-13,18-21H2,1-4H3,(H,38,42). The van der Waals surface area contributed by atoms with Gasteiger partial charge < -0.3 is 14.4 Å². The van der Waals surface area contributed by atoms with Crippen LogP contribution in [0, 0.1) is 12.3 Å². The van der Waals surface area contributed by atoms with Gasteiger partial charge in [0, 0.05) is 59.7 Å². The molecule has 3 aromatic rings. The fourth-order valence-electron chi connectivity index (χ4n) is 9.44. The van der Waals surface area contributed by atoms with Crippen molar-refractivity contribution >= 4 is 32.7 Å². The first-order valence-electron chi connectivity index (χ1n) is 17.3. The molecule has 4 fully saturated rings. The fourth-order valence-corrected chi connectivity index (χ4v) is 10.1. The van der Waals surface area contributed by atoms with Gasteiger partial charge in [-0.15, -0.1) is 0 Å². The SMILES string of the molecule is Cc1ccc2c(c1)C1CC1(C(=O)N1C3CCC1CN(C)C3)Cn1c-2c(C2CCCCC2)c2ccc(C(=O)NS(=O)(=O)C(C)C)cc21. The fraction of sp³-hybridized carbons (Fsp3) is 0.568. The Labute approximate surface area is 272 Å². The van der Waals surface area contributed by atoms with Gasteiger partial charge in [-0.3, -0.25) is 9.59 Å². The Morgan fingerprint density at radius 2 is 1.67 bits per heavy atom. The van der Waals surface area contributed by atoms with Crippen LogP contribution in [0.5, 0.6) is 0 Å². The molecule has 4 heterocycles. The Morgan fingerprint density at radius 1 is 0.957 bits per heavy atom. The topological polar surface area (TPSA) is 91.7 Å². The van der Waals surface area contributed by atoms with Crippen LogP contribution in [-0.4, -0.2) is 72.1 Å². The molecule has 244 valence electrons. The number of likely N-dealkylation sites (N-methyl/N-ethyl adjacent to an activating group) is 1. The number of nitrogens with one attached hydrogen (secondary N) is 1. The Hall–Kier alpha value is -3.17. The number of carbonyl (C=O) groups is 2. The summed E-state index contributed by atoms with van der Waals surface area (Å²) in [7, 11) is -1.61. The normalized spacial score (nSPS) is 27.7. The molecule has 2 saturated carbocycles. The van der Waals surface area contributed by atoms with Crippen molar-refractivity contribution in [1.82, 2.24) is 19.1 Å². The van der Waals surface area contributed by atoms with Gasteiger partial charge in [0.25, 0.3) is 5.91 Å². The monoisotopic (exact) mass is 642 g/mol. The van der Waals surface area contributed by atoms with E-state index < -0.39 is 26.6 Å². The maximum atomic E-state index is 14.9. The number of piperazine rings is 1. The van der Waals surface area contributed by atoms with Gasteiger partial charge >= 0.3 is 0 Å². The highest BCUT2D eigenvalue weighted by atomic mass is 32.2. The van der Waals surface area contributed by atoms with Gasteiger partial charge in [-0.25, -0.2) is 13.1 Å². The highest BCUT2D eigenvalue weighted by Crippen LogP contribution is 2.66. The Morgan fingerprint density at radius 3 is 2.37 bits per heavy atom. The second-order valence-corrected chi connectivity index (χ2v) is 17.5. The van der Waals surface area contributed by atoms with Gasteiger partial charge in [-0.05, 0) is 89.1 Å². The van der Waals surface area contributed by atoms with Crippen molar-refractivity contribution in [3.8, 4) is 11.3 Å². The average molecular weight is 643 g/mol. The van der Waals surface area contributed by atoms with E-state index in [1.54, 1.807) is 19.9 Å². The van der Waals surface area contributed by atoms with Crippen LogP contribution in [0.4, 0.5) is 0 Å². The van der Waals surface area contributed by atoms with Gasteiger partial charge in [0.15, 0.2) is 0 Å². The molecule has 8 rings (SSSR count). The summed E-state index contributed by atoms with van der Waals surface area (Å²) in [5.74, 6) is 0.249. The van der Waals surface area contributed by atoms with Crippen LogP contribution in [-0.2, 0) is 21.4 Å². The lowest BCUT2D eigenvalue weighted by molar-refractivity contribution is -0.143. The second kappa shape index (κ2) is 10.7. The molecule has 2 aromatic carbocycles. The van der Waals surface area contributed by atoms with Crippen LogP contribution in [0.15, 0.2) is 36.4 Å². The van der Waals surface area contributed by atoms with Crippen LogP contribution in [0.2, 0.25) is 0 Å². The average Bonchev–Trinajstić information content (AvgIpc) is 3.61. The first kappa shape index (κ1) is 30.2. The highest BCUT2D eigenvalue weighted by molar-refractivity contribution is 7.90. The summed E-state index contributed by atoms with van der Waals surface area (Å²) in [6.07, 6.45) is 8.86. The lowest BCUT2D eigenvalue weighted by atomic mass is 9.81. The maximum absolute atomic E-state index is 14.9. The highest BCUT2D eigenvalue weighted by Gasteiger charge is 2.65. The molecule has 4 unspecified atom stereocenters. The summed E-state index contributed by atoms with van der Waals surface area (Å²) in [5.41, 5.74) is 6.97. The van der Waals surface area contributed by atoms with E-state index in [1.807, 2.05) is 12.1 Å². The van der Waals surface area contributed by atoms with Crippen LogP contribution in [0.3, 0.4) is 0 Å². The molecule has 4 atom stereocenters. The van der Waals surface area contributed by atoms with Crippen molar-refractivity contribution in [2.24, 2.45) is 5.41 Å². The minimum absolute atomic E-state index is 0.158. The number of benzene rings is 2. The Balaban J connectivity index is 1.32. The molecule has 1 N–H and O–H groups in total. The minimum Gasteiger partial charge on any atom is -0.339 e. The molecular weight excluding hydrogens is 596 g/mol. The molecule has 3 aliphatic heterocycles. The number of carbonyl (C=O) groups excluding carboxylic acids is 2. The second-order valence-electron chi connectivity index (χ2n) is 15.3. The largest absolute Gasteiger partial charge is 0.339 e. The maximum Gasteiger partial charge on any atom is 0.264 e. The first-order valence-corrected chi connectivity index (χ1v) is 18.9. The zero-order valence-electron chi connectivity index (χ0n) is 27.5. The van der Waals surface area contributed by atoms with E-state index in [0.29, 0.717) is 23.9 Å². The molecule has 2 aliphatic carbocycles. The number of hydrogen-bond acceptors (Lipinski definition) is 5. The van der Waals surface area contributed by atoms with Crippen LogP contribution < -0.4 is 4.72 Å². The van der Waals surface area contributed by atoms with E-state index in [0.717, 1.165) is 56.1 Å². The number of nitrogens with zero attached hydrogens (tertiary/aromatic N) is 3. The minimum atomic E-state index is -3.78. The predicted molar refractivity (Wildman–Crippen MR) is 180 cm³/mol. The van der Waals surface area contributed by atoms with E-state index in [1.165, 1.54) is 47.2 Å². The quantitative estimate of drug-likeness (QED) is 0.373. The third kappa shape index (κ3) is 4.59. The van der Waals surface area contributed by atoms with Crippen LogP contribution in [0.25, 0.3) is 22.2 Å². The molecule has 5 aliphatic rings. The molecule has 2 saturated heterocycles. The van der Waals surface area contributed by atoms with E-state index in [-0.39, 0.29) is 18.0 Å². The van der Waals surface area contributed by atoms with Crippen molar-refractivity contribution in [3.05, 3.63) is 58.7 Å². The number of likely N-dealkylation sites (tertiary alicyclic amines) is 1. The molecule has 2 amide bonds. The number of sulfonamides is 1. The predicted octanol–water partition coefficient (Wildman–Crippen LogP) is 5.92. The summed E-state index contributed by atoms with van der Waals surface area (Å²) >= 11 is 0. The number of rotatable bonds is 5. The smallest absolute Gasteiger partial charge is 0.264 e. The summed E-state index contributed by atoms with van der Waals surface area (Å²) < 4.78 is 29.9. The molecule has 2 bridgehead atoms. The van der Waals surface area contributed by atoms with Crippen molar-refractivity contribution in [2.75, 3.05) is 20.1 Å². The number of hydrogen-bond donors (Lipinski definition) is 1. The molecule has 1 aromatic heterocycles. The molecular formula is C37H46N4O4S. The zero-order valence-corrected chi connectivity index (χ0v) is 28.3. The molecule has 8 nitrogen and oxygen atoms in total. The van der Waals surface area contributed by atoms with Gasteiger partial charge in [0.05, 0.1) is 16.4 Å². The number of aryl methyl sites for hydroxylation is 1. The lowest BCUT2D eigenvalue weighted by Gasteiger charge is -2.41. The first-order chi connectivity index (χ1) is 22.0. The van der Waals surface area contributed by atoms with E-state index in [4.69, 9.17) is 0 Å². The molecule has 9 heteroatoms. The Kier molecular flexibility index (Phi) is 7.00. The van der Waals surface area contributed by atoms with Crippen molar-refractivity contribution in [1.29, 1.82) is 0 Å². The van der Waals surface area contributed by atoms with E-state index in [9.17, 15) is 18.0 Å². The van der Waals surface area contributed by atoms with Gasteiger partial charge in [-0.1, -0.05) is 49.1 Å². The van der Waals surface area contributed by atoms with Crippen LogP contribution >= 0.6 is 0 Å². The molecule has 0 spiro atoms. The summed E-state index contributed by atoms with van der Waals surface area (Å²) in [6, 6.07) is 13.0. The Bertz CT molecular complexity index is 1860.